The van der Waals surface area contributed by atoms with Crippen molar-refractivity contribution in [1.82, 2.24) is 5.32 Å². The van der Waals surface area contributed by atoms with Crippen LogP contribution in [0.1, 0.15) is 13.8 Å². The lowest BCUT2D eigenvalue weighted by Crippen LogP contribution is -2.71. The van der Waals surface area contributed by atoms with Gasteiger partial charge in [0.2, 0.25) is 5.91 Å². The van der Waals surface area contributed by atoms with Gasteiger partial charge in [-0.15, -0.1) is 0 Å². The third kappa shape index (κ3) is 4.19. The maximum atomic E-state index is 14.6. The highest BCUT2D eigenvalue weighted by Gasteiger charge is 2.63. The van der Waals surface area contributed by atoms with Crippen molar-refractivity contribution in [3.63, 3.8) is 0 Å². The molecular weight excluding hydrogens is 362 g/mol. The van der Waals surface area contributed by atoms with Crippen LogP contribution in [0.4, 0.5) is 8.78 Å². The zero-order valence-corrected chi connectivity index (χ0v) is 13.9. The number of carbonyl (C=O) groups is 2. The van der Waals surface area contributed by atoms with E-state index in [1.165, 1.54) is 13.8 Å². The molecule has 1 saturated heterocycles. The minimum atomic E-state index is -4.02. The number of hydrogen-bond donors (Lipinski definition) is 5. The number of aliphatic carboxylic acids is 1. The summed E-state index contributed by atoms with van der Waals surface area (Å²) in [5.41, 5.74) is 8.60. The van der Waals surface area contributed by atoms with E-state index in [1.807, 2.05) is 0 Å². The number of rotatable bonds is 7. The average Bonchev–Trinajstić information content (AvgIpc) is 2.59. The molecule has 1 heterocycles. The third-order valence-corrected chi connectivity index (χ3v) is 3.91. The number of nitrogens with one attached hydrogen (secondary N) is 1. The second-order valence-electron chi connectivity index (χ2n) is 6.06. The molecule has 5 unspecified atom stereocenters. The number of carboxylic acid groups (broad SMARTS) is 1. The molecule has 0 spiro atoms. The number of aliphatic hydroxyl groups excluding tert-OH is 3. The Bertz CT molecular complexity index is 589. The van der Waals surface area contributed by atoms with Gasteiger partial charge in [0.15, 0.2) is 6.17 Å². The molecule has 0 aliphatic carbocycles. The number of carbonyl (C=O) groups excluding carboxylic acids is 1. The first-order valence-corrected chi connectivity index (χ1v) is 7.57. The van der Waals surface area contributed by atoms with Crippen LogP contribution in [0.15, 0.2) is 5.11 Å². The summed E-state index contributed by atoms with van der Waals surface area (Å²) in [6, 6.07) is -3.82. The van der Waals surface area contributed by atoms with E-state index in [1.54, 1.807) is 0 Å². The Balaban J connectivity index is 3.42. The molecule has 1 rings (SSSR count). The Labute approximate surface area is 146 Å². The number of carboxylic acids is 1. The van der Waals surface area contributed by atoms with Crippen molar-refractivity contribution in [2.75, 3.05) is 6.61 Å². The number of nitrogens with zero attached hydrogens (tertiary/aromatic N) is 3. The Kier molecular flexibility index (Phi) is 7.24. The minimum absolute atomic E-state index is 0.656. The van der Waals surface area contributed by atoms with Crippen LogP contribution in [-0.2, 0) is 14.3 Å². The highest BCUT2D eigenvalue weighted by atomic mass is 19.2. The van der Waals surface area contributed by atoms with E-state index in [2.05, 4.69) is 20.1 Å². The molecule has 0 saturated carbocycles. The zero-order valence-electron chi connectivity index (χ0n) is 13.9. The molecule has 0 aromatic carbocycles. The summed E-state index contributed by atoms with van der Waals surface area (Å²) >= 11 is 0. The maximum Gasteiger partial charge on any atom is 0.372 e. The largest absolute Gasteiger partial charge is 0.477 e. The molecule has 5 N–H and O–H groups in total. The molecule has 13 heteroatoms. The Morgan fingerprint density at radius 3 is 2.42 bits per heavy atom. The summed E-state index contributed by atoms with van der Waals surface area (Å²) < 4.78 is 33.6. The number of aliphatic hydroxyl groups is 3. The Hall–Kier alpha value is -2.05. The SMILES string of the molecule is CC(C)C(=O)NC1C(N=[N+]=[N-])C(F)C(F)(C(=O)O)OC1[C@H](O)[C@H](O)CO. The number of hydrogen-bond acceptors (Lipinski definition) is 7. The summed E-state index contributed by atoms with van der Waals surface area (Å²) in [7, 11) is 0. The van der Waals surface area contributed by atoms with E-state index in [0.717, 1.165) is 0 Å². The van der Waals surface area contributed by atoms with E-state index in [0.29, 0.717) is 0 Å². The average molecular weight is 382 g/mol. The highest BCUT2D eigenvalue weighted by Crippen LogP contribution is 2.37. The smallest absolute Gasteiger partial charge is 0.372 e. The molecule has 0 aromatic heterocycles. The van der Waals surface area contributed by atoms with Gasteiger partial charge in [-0.1, -0.05) is 19.0 Å². The second-order valence-corrected chi connectivity index (χ2v) is 6.06. The van der Waals surface area contributed by atoms with Crippen molar-refractivity contribution < 1.29 is 43.5 Å². The molecule has 0 aromatic rings. The number of amides is 1. The molecule has 1 fully saturated rings. The lowest BCUT2D eigenvalue weighted by molar-refractivity contribution is -0.276. The van der Waals surface area contributed by atoms with Crippen molar-refractivity contribution in [1.29, 1.82) is 0 Å². The predicted molar refractivity (Wildman–Crippen MR) is 80.0 cm³/mol. The van der Waals surface area contributed by atoms with Crippen molar-refractivity contribution in [3.8, 4) is 0 Å². The first-order valence-electron chi connectivity index (χ1n) is 7.57. The lowest BCUT2D eigenvalue weighted by atomic mass is 9.86. The molecule has 148 valence electrons. The second kappa shape index (κ2) is 8.56. The highest BCUT2D eigenvalue weighted by molar-refractivity contribution is 5.79. The molecule has 1 aliphatic heterocycles. The van der Waals surface area contributed by atoms with Gasteiger partial charge in [0, 0.05) is 10.8 Å². The van der Waals surface area contributed by atoms with E-state index in [-0.39, 0.29) is 0 Å². The number of ether oxygens (including phenoxy) is 1. The molecule has 7 atom stereocenters. The number of azide groups is 1. The van der Waals surface area contributed by atoms with Gasteiger partial charge in [-0.3, -0.25) is 4.79 Å². The van der Waals surface area contributed by atoms with Crippen molar-refractivity contribution in [2.45, 2.75) is 56.3 Å². The monoisotopic (exact) mass is 382 g/mol. The molecule has 1 amide bonds. The third-order valence-electron chi connectivity index (χ3n) is 3.91. The van der Waals surface area contributed by atoms with Gasteiger partial charge in [-0.2, -0.15) is 4.39 Å². The van der Waals surface area contributed by atoms with Crippen molar-refractivity contribution in [3.05, 3.63) is 10.4 Å². The van der Waals surface area contributed by atoms with Crippen LogP contribution < -0.4 is 5.32 Å². The number of halogens is 2. The summed E-state index contributed by atoms with van der Waals surface area (Å²) in [4.78, 5) is 25.4. The van der Waals surface area contributed by atoms with Crippen LogP contribution in [0.2, 0.25) is 0 Å². The topological polar surface area (TPSA) is 185 Å². The van der Waals surface area contributed by atoms with Crippen LogP contribution in [-0.4, -0.2) is 81.3 Å². The van der Waals surface area contributed by atoms with Crippen LogP contribution >= 0.6 is 0 Å². The first-order chi connectivity index (χ1) is 12.0. The van der Waals surface area contributed by atoms with E-state index >= 15 is 0 Å². The quantitative estimate of drug-likeness (QED) is 0.212. The zero-order chi connectivity index (χ0) is 20.2. The fraction of sp³-hybridized carbons (Fsp3) is 0.846. The molecule has 1 aliphatic rings. The first kappa shape index (κ1) is 22.0. The molecule has 0 radical (unpaired) electrons. The fourth-order valence-electron chi connectivity index (χ4n) is 2.40. The van der Waals surface area contributed by atoms with Gasteiger partial charge >= 0.3 is 11.8 Å². The van der Waals surface area contributed by atoms with Gasteiger partial charge in [-0.05, 0) is 5.53 Å². The summed E-state index contributed by atoms with van der Waals surface area (Å²) in [6.45, 7) is 1.89. The van der Waals surface area contributed by atoms with Gasteiger partial charge in [0.05, 0.1) is 18.7 Å². The van der Waals surface area contributed by atoms with Gasteiger partial charge < -0.3 is 30.5 Å². The normalized spacial score (nSPS) is 33.8. The van der Waals surface area contributed by atoms with Crippen molar-refractivity contribution in [2.24, 2.45) is 11.0 Å². The lowest BCUT2D eigenvalue weighted by Gasteiger charge is -2.46. The minimum Gasteiger partial charge on any atom is -0.477 e. The molecule has 0 bridgehead atoms. The Morgan fingerprint density at radius 2 is 2.00 bits per heavy atom. The number of alkyl halides is 2. The summed E-state index contributed by atoms with van der Waals surface area (Å²) in [6.07, 6.45) is -9.12. The van der Waals surface area contributed by atoms with Gasteiger partial charge in [-0.25, -0.2) is 9.18 Å². The Morgan fingerprint density at radius 1 is 1.42 bits per heavy atom. The maximum absolute atomic E-state index is 14.6. The van der Waals surface area contributed by atoms with Crippen LogP contribution in [0.3, 0.4) is 0 Å². The van der Waals surface area contributed by atoms with E-state index in [9.17, 15) is 28.6 Å². The van der Waals surface area contributed by atoms with Crippen molar-refractivity contribution >= 4 is 11.9 Å². The fourth-order valence-corrected chi connectivity index (χ4v) is 2.40. The van der Waals surface area contributed by atoms with E-state index < -0.39 is 66.8 Å². The summed E-state index contributed by atoms with van der Waals surface area (Å²) in [5, 5.41) is 42.7. The molecular formula is C13H20F2N4O7. The van der Waals surface area contributed by atoms with Gasteiger partial charge in [0.25, 0.3) is 0 Å². The van der Waals surface area contributed by atoms with Crippen LogP contribution in [0.25, 0.3) is 10.4 Å². The van der Waals surface area contributed by atoms with Crippen LogP contribution in [0.5, 0.6) is 0 Å². The molecule has 11 nitrogen and oxygen atoms in total. The summed E-state index contributed by atoms with van der Waals surface area (Å²) in [5.74, 6) is -7.79. The van der Waals surface area contributed by atoms with Gasteiger partial charge in [0.1, 0.15) is 18.3 Å². The predicted octanol–water partition coefficient (Wildman–Crippen LogP) is -0.992. The standard InChI is InChI=1S/C13H20F2N4O7/c1-4(2)11(23)17-6-7(18-19-16)10(14)13(15,12(24)25)26-9(6)8(22)5(21)3-20/h4-10,20-22H,3H2,1-2H3,(H,17,23)(H,24,25)/t5-,6?,7?,8-,9?,10?,13?/m1/s1. The molecule has 26 heavy (non-hydrogen) atoms. The van der Waals surface area contributed by atoms with Crippen LogP contribution in [0, 0.1) is 5.92 Å². The van der Waals surface area contributed by atoms with E-state index in [4.69, 9.17) is 15.7 Å².